The topological polar surface area (TPSA) is 76.8 Å². The molecule has 0 aromatic carbocycles. The molecule has 0 fully saturated rings. The highest BCUT2D eigenvalue weighted by Gasteiger charge is 1.91. The molecule has 4 N–H and O–H groups in total. The zero-order valence-electron chi connectivity index (χ0n) is 5.46. The molecule has 0 radical (unpaired) electrons. The standard InChI is InChI=1S/C4H10N4.ClH/c1-7-3(5)4(6)8-2;/h1-2H3,(H2,5,7)(H2,6,8);1H. The Morgan fingerprint density at radius 1 is 1.00 bits per heavy atom. The second-order valence-electron chi connectivity index (χ2n) is 1.22. The summed E-state index contributed by atoms with van der Waals surface area (Å²) in [6.45, 7) is 0. The van der Waals surface area contributed by atoms with E-state index in [0.29, 0.717) is 0 Å². The van der Waals surface area contributed by atoms with Crippen LogP contribution in [-0.4, -0.2) is 25.8 Å². The number of aliphatic imine (C=N–C) groups is 2. The number of nitrogens with zero attached hydrogens (tertiary/aromatic N) is 2. The zero-order chi connectivity index (χ0) is 6.57. The van der Waals surface area contributed by atoms with Crippen LogP contribution < -0.4 is 11.5 Å². The van der Waals surface area contributed by atoms with Gasteiger partial charge in [0.15, 0.2) is 11.7 Å². The smallest absolute Gasteiger partial charge is 0.160 e. The molecule has 0 unspecified atom stereocenters. The van der Waals surface area contributed by atoms with Gasteiger partial charge in [0, 0.05) is 14.1 Å². The summed E-state index contributed by atoms with van der Waals surface area (Å²) < 4.78 is 0. The zero-order valence-corrected chi connectivity index (χ0v) is 6.27. The van der Waals surface area contributed by atoms with Crippen LogP contribution in [0.2, 0.25) is 0 Å². The molecular formula is C4H11ClN4. The predicted octanol–water partition coefficient (Wildman–Crippen LogP) is -0.618. The number of nitrogens with two attached hydrogens (primary N) is 2. The number of halogens is 1. The minimum absolute atomic E-state index is 0. The lowest BCUT2D eigenvalue weighted by Gasteiger charge is -1.92. The van der Waals surface area contributed by atoms with Crippen molar-refractivity contribution < 1.29 is 0 Å². The molecule has 0 amide bonds. The maximum absolute atomic E-state index is 5.22. The number of hydrogen-bond acceptors (Lipinski definition) is 2. The fourth-order valence-corrected chi connectivity index (χ4v) is 0.229. The molecule has 0 bridgehead atoms. The molecule has 9 heavy (non-hydrogen) atoms. The van der Waals surface area contributed by atoms with Crippen LogP contribution in [0.25, 0.3) is 0 Å². The molecule has 0 rings (SSSR count). The Kier molecular flexibility index (Phi) is 6.61. The molecular weight excluding hydrogens is 140 g/mol. The normalized spacial score (nSPS) is 12.7. The van der Waals surface area contributed by atoms with Gasteiger partial charge < -0.3 is 11.5 Å². The van der Waals surface area contributed by atoms with E-state index in [4.69, 9.17) is 11.5 Å². The predicted molar refractivity (Wildman–Crippen MR) is 42.3 cm³/mol. The highest BCUT2D eigenvalue weighted by Crippen LogP contribution is 1.65. The summed E-state index contributed by atoms with van der Waals surface area (Å²) in [5, 5.41) is 0. The van der Waals surface area contributed by atoms with E-state index < -0.39 is 0 Å². The number of hydrogen-bond donors (Lipinski definition) is 2. The van der Waals surface area contributed by atoms with Gasteiger partial charge in [-0.1, -0.05) is 0 Å². The van der Waals surface area contributed by atoms with Gasteiger partial charge in [-0.15, -0.1) is 12.4 Å². The Bertz CT molecular complexity index is 113. The van der Waals surface area contributed by atoms with Crippen molar-refractivity contribution in [3.63, 3.8) is 0 Å². The van der Waals surface area contributed by atoms with Gasteiger partial charge >= 0.3 is 0 Å². The lowest BCUT2D eigenvalue weighted by Crippen LogP contribution is -2.30. The molecule has 0 aliphatic rings. The van der Waals surface area contributed by atoms with Crippen LogP contribution in [0, 0.1) is 0 Å². The summed E-state index contributed by atoms with van der Waals surface area (Å²) in [7, 11) is 3.13. The van der Waals surface area contributed by atoms with E-state index in [2.05, 4.69) is 9.98 Å². The first kappa shape index (κ1) is 11.1. The van der Waals surface area contributed by atoms with Gasteiger partial charge in [0.2, 0.25) is 0 Å². The lowest BCUT2D eigenvalue weighted by atomic mass is 10.5. The van der Waals surface area contributed by atoms with Crippen molar-refractivity contribution in [2.45, 2.75) is 0 Å². The van der Waals surface area contributed by atoms with Crippen molar-refractivity contribution in [3.05, 3.63) is 0 Å². The van der Waals surface area contributed by atoms with Crippen LogP contribution in [0.5, 0.6) is 0 Å². The maximum Gasteiger partial charge on any atom is 0.160 e. The van der Waals surface area contributed by atoms with Crippen molar-refractivity contribution in [1.82, 2.24) is 0 Å². The molecule has 54 valence electrons. The van der Waals surface area contributed by atoms with E-state index >= 15 is 0 Å². The van der Waals surface area contributed by atoms with Gasteiger partial charge in [-0.05, 0) is 0 Å². The molecule has 4 nitrogen and oxygen atoms in total. The summed E-state index contributed by atoms with van der Waals surface area (Å²) in [5.74, 6) is 0.569. The first-order valence-corrected chi connectivity index (χ1v) is 2.17. The Morgan fingerprint density at radius 3 is 1.33 bits per heavy atom. The molecule has 0 saturated heterocycles. The van der Waals surface area contributed by atoms with Crippen LogP contribution in [0.4, 0.5) is 0 Å². The molecule has 0 atom stereocenters. The molecule has 0 aromatic heterocycles. The number of rotatable bonds is 0. The van der Waals surface area contributed by atoms with Gasteiger partial charge in [0.1, 0.15) is 0 Å². The van der Waals surface area contributed by atoms with E-state index in [1.54, 1.807) is 14.1 Å². The quantitative estimate of drug-likeness (QED) is 0.357. The SMILES string of the molecule is CN=C(N)C(N)=NC.Cl. The maximum atomic E-state index is 5.22. The van der Waals surface area contributed by atoms with E-state index in [9.17, 15) is 0 Å². The summed E-state index contributed by atoms with van der Waals surface area (Å²) in [6.07, 6.45) is 0. The van der Waals surface area contributed by atoms with Crippen molar-refractivity contribution in [2.75, 3.05) is 14.1 Å². The second-order valence-corrected chi connectivity index (χ2v) is 1.22. The average molecular weight is 151 g/mol. The molecule has 0 aliphatic carbocycles. The van der Waals surface area contributed by atoms with Crippen LogP contribution in [0.15, 0.2) is 9.98 Å². The van der Waals surface area contributed by atoms with Crippen molar-refractivity contribution in [2.24, 2.45) is 21.5 Å². The van der Waals surface area contributed by atoms with Gasteiger partial charge in [0.05, 0.1) is 0 Å². The summed E-state index contributed by atoms with van der Waals surface area (Å²) in [5.41, 5.74) is 10.4. The Morgan fingerprint density at radius 2 is 1.22 bits per heavy atom. The Hall–Kier alpha value is -0.770. The van der Waals surface area contributed by atoms with Gasteiger partial charge in [-0.3, -0.25) is 9.98 Å². The van der Waals surface area contributed by atoms with Gasteiger partial charge in [0.25, 0.3) is 0 Å². The minimum Gasteiger partial charge on any atom is -0.381 e. The summed E-state index contributed by atoms with van der Waals surface area (Å²) in [4.78, 5) is 7.20. The molecule has 5 heteroatoms. The first-order chi connectivity index (χ1) is 3.72. The Balaban J connectivity index is 0. The van der Waals surface area contributed by atoms with Crippen LogP contribution >= 0.6 is 12.4 Å². The van der Waals surface area contributed by atoms with Gasteiger partial charge in [-0.2, -0.15) is 0 Å². The average Bonchev–Trinajstić information content (AvgIpc) is 1.84. The summed E-state index contributed by atoms with van der Waals surface area (Å²) >= 11 is 0. The van der Waals surface area contributed by atoms with Gasteiger partial charge in [-0.25, -0.2) is 0 Å². The molecule has 0 spiro atoms. The van der Waals surface area contributed by atoms with Crippen molar-refractivity contribution in [3.8, 4) is 0 Å². The highest BCUT2D eigenvalue weighted by molar-refractivity contribution is 6.39. The van der Waals surface area contributed by atoms with E-state index in [1.165, 1.54) is 0 Å². The third-order valence-electron chi connectivity index (χ3n) is 0.744. The minimum atomic E-state index is 0. The molecule has 0 heterocycles. The monoisotopic (exact) mass is 150 g/mol. The van der Waals surface area contributed by atoms with Crippen molar-refractivity contribution in [1.29, 1.82) is 0 Å². The fourth-order valence-electron chi connectivity index (χ4n) is 0.229. The number of amidine groups is 2. The third-order valence-corrected chi connectivity index (χ3v) is 0.744. The largest absolute Gasteiger partial charge is 0.381 e. The second kappa shape index (κ2) is 5.37. The van der Waals surface area contributed by atoms with Crippen LogP contribution in [0.3, 0.4) is 0 Å². The fraction of sp³-hybridized carbons (Fsp3) is 0.500. The van der Waals surface area contributed by atoms with E-state index in [-0.39, 0.29) is 24.1 Å². The first-order valence-electron chi connectivity index (χ1n) is 2.17. The molecule has 0 aromatic rings. The van der Waals surface area contributed by atoms with Crippen LogP contribution in [0.1, 0.15) is 0 Å². The lowest BCUT2D eigenvalue weighted by molar-refractivity contribution is 1.37. The van der Waals surface area contributed by atoms with Crippen LogP contribution in [-0.2, 0) is 0 Å². The van der Waals surface area contributed by atoms with Crippen molar-refractivity contribution >= 4 is 24.1 Å². The van der Waals surface area contributed by atoms with E-state index in [1.807, 2.05) is 0 Å². The highest BCUT2D eigenvalue weighted by atomic mass is 35.5. The Labute approximate surface area is 60.5 Å². The molecule has 0 aliphatic heterocycles. The summed E-state index contributed by atoms with van der Waals surface area (Å²) in [6, 6.07) is 0. The third kappa shape index (κ3) is 3.78. The van der Waals surface area contributed by atoms with E-state index in [0.717, 1.165) is 0 Å². The molecule has 0 saturated carbocycles.